The quantitative estimate of drug-likeness (QED) is 0.682. The maximum Gasteiger partial charge on any atom is 0.220 e. The maximum absolute atomic E-state index is 11.4. The van der Waals surface area contributed by atoms with Crippen LogP contribution in [0.4, 0.5) is 0 Å². The average molecular weight is 186 g/mol. The van der Waals surface area contributed by atoms with Crippen LogP contribution in [-0.2, 0) is 4.79 Å². The molecule has 0 aromatic rings. The first-order valence-corrected chi connectivity index (χ1v) is 4.96. The summed E-state index contributed by atoms with van der Waals surface area (Å²) in [6, 6.07) is -0.0296. The Hall–Kier alpha value is -0.570. The van der Waals surface area contributed by atoms with Crippen molar-refractivity contribution in [1.29, 1.82) is 0 Å². The number of rotatable bonds is 5. The molecular weight excluding hydrogens is 164 g/mol. The van der Waals surface area contributed by atoms with Crippen LogP contribution in [0.1, 0.15) is 47.0 Å². The van der Waals surface area contributed by atoms with Gasteiger partial charge in [-0.2, -0.15) is 0 Å². The first-order valence-electron chi connectivity index (χ1n) is 4.96. The molecule has 0 rings (SSSR count). The molecule has 78 valence electrons. The van der Waals surface area contributed by atoms with Crippen LogP contribution in [0.25, 0.3) is 0 Å². The van der Waals surface area contributed by atoms with Crippen LogP contribution in [0.15, 0.2) is 0 Å². The van der Waals surface area contributed by atoms with E-state index in [1.807, 2.05) is 20.8 Å². The van der Waals surface area contributed by atoms with E-state index in [0.29, 0.717) is 6.42 Å². The van der Waals surface area contributed by atoms with Crippen LogP contribution in [0.3, 0.4) is 0 Å². The molecule has 0 aliphatic heterocycles. The number of hydrogen-bond donors (Lipinski definition) is 2. The van der Waals surface area contributed by atoms with E-state index in [1.54, 1.807) is 0 Å². The number of carbonyl (C=O) groups is 1. The van der Waals surface area contributed by atoms with E-state index < -0.39 is 0 Å². The van der Waals surface area contributed by atoms with Crippen LogP contribution in [0.2, 0.25) is 0 Å². The second-order valence-corrected chi connectivity index (χ2v) is 4.16. The molecule has 0 spiro atoms. The van der Waals surface area contributed by atoms with Gasteiger partial charge < -0.3 is 11.1 Å². The van der Waals surface area contributed by atoms with Crippen molar-refractivity contribution in [2.45, 2.75) is 58.5 Å². The summed E-state index contributed by atoms with van der Waals surface area (Å²) in [5, 5.41) is 2.93. The van der Waals surface area contributed by atoms with Gasteiger partial charge in [0.2, 0.25) is 5.91 Å². The Kier molecular flexibility index (Phi) is 4.99. The lowest BCUT2D eigenvalue weighted by Crippen LogP contribution is -2.54. The second-order valence-electron chi connectivity index (χ2n) is 4.16. The fourth-order valence-electron chi connectivity index (χ4n) is 0.873. The molecule has 1 unspecified atom stereocenters. The lowest BCUT2D eigenvalue weighted by atomic mass is 9.96. The minimum absolute atomic E-state index is 0.0296. The summed E-state index contributed by atoms with van der Waals surface area (Å²) in [6.07, 6.45) is 2.60. The van der Waals surface area contributed by atoms with E-state index in [4.69, 9.17) is 5.73 Å². The minimum atomic E-state index is -0.301. The van der Waals surface area contributed by atoms with Crippen molar-refractivity contribution in [3.8, 4) is 0 Å². The molecule has 1 amide bonds. The SMILES string of the molecule is CCCCC(=O)NC(C)(C)C(C)N. The number of nitrogens with two attached hydrogens (primary N) is 1. The van der Waals surface area contributed by atoms with Gasteiger partial charge in [0, 0.05) is 18.0 Å². The maximum atomic E-state index is 11.4. The van der Waals surface area contributed by atoms with E-state index in [1.165, 1.54) is 0 Å². The normalized spacial score (nSPS) is 13.9. The Balaban J connectivity index is 3.90. The van der Waals surface area contributed by atoms with Gasteiger partial charge in [-0.1, -0.05) is 13.3 Å². The summed E-state index contributed by atoms with van der Waals surface area (Å²) >= 11 is 0. The second kappa shape index (κ2) is 5.22. The van der Waals surface area contributed by atoms with Gasteiger partial charge in [0.25, 0.3) is 0 Å². The summed E-state index contributed by atoms with van der Waals surface area (Å²) in [7, 11) is 0. The highest BCUT2D eigenvalue weighted by molar-refractivity contribution is 5.76. The molecule has 13 heavy (non-hydrogen) atoms. The molecule has 0 aliphatic carbocycles. The van der Waals surface area contributed by atoms with Crippen LogP contribution in [0.5, 0.6) is 0 Å². The number of nitrogens with one attached hydrogen (secondary N) is 1. The number of amides is 1. The molecule has 0 saturated heterocycles. The standard InChI is InChI=1S/C10H22N2O/c1-5-6-7-9(13)12-10(3,4)8(2)11/h8H,5-7,11H2,1-4H3,(H,12,13). The van der Waals surface area contributed by atoms with Crippen molar-refractivity contribution in [3.63, 3.8) is 0 Å². The van der Waals surface area contributed by atoms with E-state index in [0.717, 1.165) is 12.8 Å². The van der Waals surface area contributed by atoms with Gasteiger partial charge in [-0.05, 0) is 27.2 Å². The summed E-state index contributed by atoms with van der Waals surface area (Å²) in [5.41, 5.74) is 5.43. The van der Waals surface area contributed by atoms with Crippen molar-refractivity contribution < 1.29 is 4.79 Å². The van der Waals surface area contributed by atoms with Crippen molar-refractivity contribution in [2.24, 2.45) is 5.73 Å². The Morgan fingerprint density at radius 2 is 2.08 bits per heavy atom. The van der Waals surface area contributed by atoms with Crippen LogP contribution >= 0.6 is 0 Å². The highest BCUT2D eigenvalue weighted by atomic mass is 16.1. The molecule has 3 nitrogen and oxygen atoms in total. The smallest absolute Gasteiger partial charge is 0.220 e. The Morgan fingerprint density at radius 3 is 2.46 bits per heavy atom. The van der Waals surface area contributed by atoms with E-state index >= 15 is 0 Å². The first-order chi connectivity index (χ1) is 5.90. The first kappa shape index (κ1) is 12.4. The van der Waals surface area contributed by atoms with E-state index in [-0.39, 0.29) is 17.5 Å². The molecule has 0 aliphatic rings. The third-order valence-corrected chi connectivity index (χ3v) is 2.36. The van der Waals surface area contributed by atoms with Crippen molar-refractivity contribution in [2.75, 3.05) is 0 Å². The van der Waals surface area contributed by atoms with Crippen molar-refractivity contribution in [1.82, 2.24) is 5.32 Å². The lowest BCUT2D eigenvalue weighted by molar-refractivity contribution is -0.123. The van der Waals surface area contributed by atoms with Gasteiger partial charge in [-0.3, -0.25) is 4.79 Å². The average Bonchev–Trinajstić information content (AvgIpc) is 1.99. The molecule has 0 saturated carbocycles. The summed E-state index contributed by atoms with van der Waals surface area (Å²) in [6.45, 7) is 7.87. The van der Waals surface area contributed by atoms with Gasteiger partial charge in [0.05, 0.1) is 0 Å². The van der Waals surface area contributed by atoms with Gasteiger partial charge >= 0.3 is 0 Å². The molecule has 3 heteroatoms. The van der Waals surface area contributed by atoms with Crippen LogP contribution < -0.4 is 11.1 Å². The molecule has 0 aromatic carbocycles. The molecule has 3 N–H and O–H groups in total. The topological polar surface area (TPSA) is 55.1 Å². The van der Waals surface area contributed by atoms with Gasteiger partial charge in [-0.15, -0.1) is 0 Å². The largest absolute Gasteiger partial charge is 0.350 e. The van der Waals surface area contributed by atoms with Gasteiger partial charge in [0.15, 0.2) is 0 Å². The fraction of sp³-hybridized carbons (Fsp3) is 0.900. The number of hydrogen-bond acceptors (Lipinski definition) is 2. The Labute approximate surface area is 81.1 Å². The molecule has 1 atom stereocenters. The zero-order valence-corrected chi connectivity index (χ0v) is 9.18. The summed E-state index contributed by atoms with van der Waals surface area (Å²) in [5.74, 6) is 0.101. The van der Waals surface area contributed by atoms with Crippen molar-refractivity contribution in [3.05, 3.63) is 0 Å². The summed E-state index contributed by atoms with van der Waals surface area (Å²) in [4.78, 5) is 11.4. The molecule has 0 bridgehead atoms. The van der Waals surface area contributed by atoms with E-state index in [2.05, 4.69) is 12.2 Å². The third kappa shape index (κ3) is 4.88. The molecule has 0 radical (unpaired) electrons. The third-order valence-electron chi connectivity index (χ3n) is 2.36. The molecule has 0 heterocycles. The molecular formula is C10H22N2O. The Morgan fingerprint density at radius 1 is 1.54 bits per heavy atom. The zero-order valence-electron chi connectivity index (χ0n) is 9.18. The molecule has 0 fully saturated rings. The van der Waals surface area contributed by atoms with Crippen molar-refractivity contribution >= 4 is 5.91 Å². The van der Waals surface area contributed by atoms with Gasteiger partial charge in [-0.25, -0.2) is 0 Å². The highest BCUT2D eigenvalue weighted by Gasteiger charge is 2.24. The van der Waals surface area contributed by atoms with Crippen LogP contribution in [-0.4, -0.2) is 17.5 Å². The minimum Gasteiger partial charge on any atom is -0.350 e. The predicted molar refractivity (Wildman–Crippen MR) is 55.4 cm³/mol. The van der Waals surface area contributed by atoms with Crippen LogP contribution in [0, 0.1) is 0 Å². The monoisotopic (exact) mass is 186 g/mol. The Bertz CT molecular complexity index is 164. The number of unbranched alkanes of at least 4 members (excludes halogenated alkanes) is 1. The molecule has 0 aromatic heterocycles. The zero-order chi connectivity index (χ0) is 10.5. The van der Waals surface area contributed by atoms with Gasteiger partial charge in [0.1, 0.15) is 0 Å². The fourth-order valence-corrected chi connectivity index (χ4v) is 0.873. The van der Waals surface area contributed by atoms with E-state index in [9.17, 15) is 4.79 Å². The highest BCUT2D eigenvalue weighted by Crippen LogP contribution is 2.07. The predicted octanol–water partition coefficient (Wildman–Crippen LogP) is 1.42. The lowest BCUT2D eigenvalue weighted by Gasteiger charge is -2.30. The number of carbonyl (C=O) groups excluding carboxylic acids is 1. The summed E-state index contributed by atoms with van der Waals surface area (Å²) < 4.78 is 0.